The van der Waals surface area contributed by atoms with Crippen LogP contribution in [0.5, 0.6) is 0 Å². The third-order valence-corrected chi connectivity index (χ3v) is 11.9. The van der Waals surface area contributed by atoms with Crippen LogP contribution in [0.15, 0.2) is 48.6 Å². The zero-order chi connectivity index (χ0) is 20.1. The van der Waals surface area contributed by atoms with Crippen LogP contribution >= 0.6 is 17.2 Å². The van der Waals surface area contributed by atoms with E-state index in [1.807, 2.05) is 0 Å². The van der Waals surface area contributed by atoms with E-state index in [4.69, 9.17) is 0 Å². The van der Waals surface area contributed by atoms with E-state index in [0.29, 0.717) is 10.8 Å². The largest absolute Gasteiger partial charge is 0.377 e. The summed E-state index contributed by atoms with van der Waals surface area (Å²) in [5.41, 5.74) is 4.85. The van der Waals surface area contributed by atoms with Crippen molar-refractivity contribution in [2.45, 2.75) is 86.3 Å². The molecule has 0 aromatic heterocycles. The van der Waals surface area contributed by atoms with Crippen molar-refractivity contribution in [2.75, 3.05) is 19.0 Å². The molecular weight excluding hydrogens is 388 g/mol. The molecule has 0 spiro atoms. The minimum atomic E-state index is 0.352. The molecule has 4 rings (SSSR count). The van der Waals surface area contributed by atoms with Gasteiger partial charge in [0.05, 0.1) is 0 Å². The van der Waals surface area contributed by atoms with Gasteiger partial charge in [-0.1, -0.05) is 81.0 Å². The Morgan fingerprint density at radius 1 is 0.793 bits per heavy atom. The number of hydrogen-bond donors (Lipinski definition) is 0. The van der Waals surface area contributed by atoms with Crippen molar-refractivity contribution in [3.05, 3.63) is 54.1 Å². The molecule has 1 aromatic rings. The number of allylic oxidation sites excluding steroid dienone is 4. The Bertz CT molecular complexity index is 691. The average molecular weight is 428 g/mol. The first kappa shape index (κ1) is 21.6. The maximum absolute atomic E-state index is 2.67. The van der Waals surface area contributed by atoms with E-state index in [-0.39, 0.29) is 0 Å². The molecule has 0 radical (unpaired) electrons. The Morgan fingerprint density at radius 2 is 1.38 bits per heavy atom. The molecule has 0 heterocycles. The molecule has 2 saturated carbocycles. The Hall–Kier alpha value is -0.640. The topological polar surface area (TPSA) is 3.24 Å². The lowest BCUT2D eigenvalue weighted by atomic mass is 9.89. The molecule has 2 fully saturated rings. The van der Waals surface area contributed by atoms with Gasteiger partial charge in [0.1, 0.15) is 0 Å². The van der Waals surface area contributed by atoms with Gasteiger partial charge in [0.25, 0.3) is 0 Å². The molecule has 0 saturated heterocycles. The van der Waals surface area contributed by atoms with Crippen molar-refractivity contribution < 1.29 is 0 Å². The number of anilines is 1. The maximum atomic E-state index is 2.67. The number of rotatable bonds is 6. The summed E-state index contributed by atoms with van der Waals surface area (Å²) >= 11 is 0. The van der Waals surface area contributed by atoms with Crippen molar-refractivity contribution in [2.24, 2.45) is 0 Å². The Balaban J connectivity index is 1.69. The van der Waals surface area contributed by atoms with Gasteiger partial charge in [0.2, 0.25) is 0 Å². The molecule has 3 heteroatoms. The van der Waals surface area contributed by atoms with E-state index < -0.39 is 0 Å². The van der Waals surface area contributed by atoms with Crippen LogP contribution in [0.1, 0.15) is 75.7 Å². The molecule has 0 aliphatic heterocycles. The standard InChI is InChI=1S/C26H39NP2/c1-27(2)25-19-10-9-17-23(25)24-18-11-12-20-26(24,28-21-13-5-3-6-14-21)29-22-15-7-4-8-16-22/h9-12,17-22,24,28-29H,3-8,13-16H2,1-2H3. The highest BCUT2D eigenvalue weighted by Gasteiger charge is 2.42. The van der Waals surface area contributed by atoms with Crippen molar-refractivity contribution in [1.29, 1.82) is 0 Å². The molecular formula is C26H39NP2. The highest BCUT2D eigenvalue weighted by Crippen LogP contribution is 2.64. The smallest absolute Gasteiger partial charge is 0.0400 e. The average Bonchev–Trinajstić information content (AvgIpc) is 2.75. The van der Waals surface area contributed by atoms with Gasteiger partial charge < -0.3 is 4.90 Å². The van der Waals surface area contributed by atoms with E-state index in [1.54, 1.807) is 5.56 Å². The first-order valence-corrected chi connectivity index (χ1v) is 14.0. The van der Waals surface area contributed by atoms with Crippen LogP contribution in [-0.4, -0.2) is 30.3 Å². The third-order valence-electron chi connectivity index (χ3n) is 7.11. The molecule has 3 aliphatic rings. The molecule has 3 unspecified atom stereocenters. The second-order valence-electron chi connectivity index (χ2n) is 9.50. The van der Waals surface area contributed by atoms with E-state index >= 15 is 0 Å². The molecule has 1 nitrogen and oxygen atoms in total. The second-order valence-corrected chi connectivity index (χ2v) is 13.9. The highest BCUT2D eigenvalue weighted by molar-refractivity contribution is 7.60. The van der Waals surface area contributed by atoms with Crippen molar-refractivity contribution in [3.8, 4) is 0 Å². The molecule has 29 heavy (non-hydrogen) atoms. The van der Waals surface area contributed by atoms with Crippen LogP contribution in [-0.2, 0) is 0 Å². The summed E-state index contributed by atoms with van der Waals surface area (Å²) in [4.78, 5) is 2.67. The molecule has 0 bridgehead atoms. The van der Waals surface area contributed by atoms with Gasteiger partial charge in [-0.25, -0.2) is 0 Å². The number of benzene rings is 1. The van der Waals surface area contributed by atoms with Crippen LogP contribution < -0.4 is 4.90 Å². The van der Waals surface area contributed by atoms with Crippen LogP contribution in [0, 0.1) is 0 Å². The predicted molar refractivity (Wildman–Crippen MR) is 135 cm³/mol. The molecule has 3 aliphatic carbocycles. The van der Waals surface area contributed by atoms with Crippen LogP contribution in [0.2, 0.25) is 0 Å². The summed E-state index contributed by atoms with van der Waals surface area (Å²) in [5.74, 6) is 0.534. The number of para-hydroxylation sites is 1. The zero-order valence-electron chi connectivity index (χ0n) is 18.4. The predicted octanol–water partition coefficient (Wildman–Crippen LogP) is 7.68. The Kier molecular flexibility index (Phi) is 7.53. The maximum Gasteiger partial charge on any atom is 0.0400 e. The lowest BCUT2D eigenvalue weighted by Gasteiger charge is -2.45. The number of nitrogens with zero attached hydrogens (tertiary/aromatic N) is 1. The molecule has 3 atom stereocenters. The van der Waals surface area contributed by atoms with Gasteiger partial charge in [0.15, 0.2) is 0 Å². The van der Waals surface area contributed by atoms with Crippen LogP contribution in [0.25, 0.3) is 0 Å². The van der Waals surface area contributed by atoms with Crippen molar-refractivity contribution in [3.63, 3.8) is 0 Å². The quantitative estimate of drug-likeness (QED) is 0.421. The van der Waals surface area contributed by atoms with E-state index in [0.717, 1.165) is 28.5 Å². The molecule has 0 N–H and O–H groups in total. The molecule has 158 valence electrons. The fourth-order valence-corrected chi connectivity index (χ4v) is 11.2. The minimum absolute atomic E-state index is 0.352. The van der Waals surface area contributed by atoms with Crippen LogP contribution in [0.4, 0.5) is 5.69 Å². The SMILES string of the molecule is CN(C)c1ccccc1C1C=CC=CC1(PC1CCCCC1)PC1CCCCC1. The van der Waals surface area contributed by atoms with Gasteiger partial charge in [-0.3, -0.25) is 0 Å². The second kappa shape index (κ2) is 10.1. The lowest BCUT2D eigenvalue weighted by molar-refractivity contribution is 0.506. The first-order valence-electron chi connectivity index (χ1n) is 11.9. The van der Waals surface area contributed by atoms with Gasteiger partial charge in [-0.2, -0.15) is 0 Å². The fourth-order valence-electron chi connectivity index (χ4n) is 5.63. The van der Waals surface area contributed by atoms with Gasteiger partial charge in [-0.15, -0.1) is 17.2 Å². The lowest BCUT2D eigenvalue weighted by Crippen LogP contribution is -2.31. The molecule has 0 amide bonds. The number of hydrogen-bond acceptors (Lipinski definition) is 1. The fraction of sp³-hybridized carbons (Fsp3) is 0.615. The monoisotopic (exact) mass is 427 g/mol. The van der Waals surface area contributed by atoms with Gasteiger partial charge in [0, 0.05) is 30.6 Å². The van der Waals surface area contributed by atoms with E-state index in [2.05, 4.69) is 67.6 Å². The Morgan fingerprint density at radius 3 is 1.97 bits per heavy atom. The molecule has 1 aromatic carbocycles. The summed E-state index contributed by atoms with van der Waals surface area (Å²) in [5, 5.41) is 0. The Labute approximate surface area is 182 Å². The summed E-state index contributed by atoms with van der Waals surface area (Å²) in [7, 11) is 6.56. The summed E-state index contributed by atoms with van der Waals surface area (Å²) in [6.45, 7) is 0. The van der Waals surface area contributed by atoms with Crippen LogP contribution in [0.3, 0.4) is 0 Å². The van der Waals surface area contributed by atoms with Crippen molar-refractivity contribution >= 4 is 22.8 Å². The van der Waals surface area contributed by atoms with Gasteiger partial charge in [-0.05, 0) is 48.6 Å². The third kappa shape index (κ3) is 5.17. The summed E-state index contributed by atoms with van der Waals surface area (Å²) in [6, 6.07) is 9.19. The first-order chi connectivity index (χ1) is 14.2. The summed E-state index contributed by atoms with van der Waals surface area (Å²) < 4.78 is 0. The van der Waals surface area contributed by atoms with Gasteiger partial charge >= 0.3 is 0 Å². The van der Waals surface area contributed by atoms with E-state index in [9.17, 15) is 0 Å². The summed E-state index contributed by atoms with van der Waals surface area (Å²) in [6.07, 6.45) is 24.6. The van der Waals surface area contributed by atoms with E-state index in [1.165, 1.54) is 69.9 Å². The van der Waals surface area contributed by atoms with Crippen molar-refractivity contribution in [1.82, 2.24) is 0 Å². The highest BCUT2D eigenvalue weighted by atomic mass is 31.1. The minimum Gasteiger partial charge on any atom is -0.377 e. The zero-order valence-corrected chi connectivity index (χ0v) is 20.4. The normalized spacial score (nSPS) is 29.4.